The molecule has 3 aromatic carbocycles. The lowest BCUT2D eigenvalue weighted by molar-refractivity contribution is 0.492. The van der Waals surface area contributed by atoms with Gasteiger partial charge in [-0.3, -0.25) is 5.01 Å². The first-order chi connectivity index (χ1) is 12.2. The van der Waals surface area contributed by atoms with Crippen LogP contribution in [0.4, 0.5) is 5.69 Å². The predicted molar refractivity (Wildman–Crippen MR) is 108 cm³/mol. The molecule has 1 heterocycles. The Bertz CT molecular complexity index is 888. The van der Waals surface area contributed by atoms with Gasteiger partial charge in [-0.1, -0.05) is 76.6 Å². The molecule has 1 aliphatic heterocycles. The first kappa shape index (κ1) is 16.1. The fourth-order valence-electron chi connectivity index (χ4n) is 3.40. The zero-order valence-corrected chi connectivity index (χ0v) is 15.6. The van der Waals surface area contributed by atoms with E-state index in [1.165, 1.54) is 11.1 Å². The van der Waals surface area contributed by atoms with Crippen LogP contribution >= 0.6 is 15.9 Å². The molecule has 0 aliphatic carbocycles. The molecule has 0 saturated heterocycles. The first-order valence-electron chi connectivity index (χ1n) is 8.41. The summed E-state index contributed by atoms with van der Waals surface area (Å²) in [6.07, 6.45) is 0.869. The third-order valence-corrected chi connectivity index (χ3v) is 5.30. The molecular weight excluding hydrogens is 372 g/mol. The SMILES string of the molecule is CC1(c2ccccc2)CC(c2ccc(Br)cc2)=NN1c1ccccc1. The molecule has 3 heteroatoms. The highest BCUT2D eigenvalue weighted by Crippen LogP contribution is 2.41. The summed E-state index contributed by atoms with van der Waals surface area (Å²) >= 11 is 3.51. The number of para-hydroxylation sites is 1. The molecule has 0 N–H and O–H groups in total. The lowest BCUT2D eigenvalue weighted by Gasteiger charge is -2.35. The molecule has 0 saturated carbocycles. The van der Waals surface area contributed by atoms with Crippen LogP contribution in [0.1, 0.15) is 24.5 Å². The highest BCUT2D eigenvalue weighted by atomic mass is 79.9. The van der Waals surface area contributed by atoms with Gasteiger partial charge in [-0.25, -0.2) is 0 Å². The summed E-state index contributed by atoms with van der Waals surface area (Å²) < 4.78 is 1.08. The van der Waals surface area contributed by atoms with Gasteiger partial charge in [0.05, 0.1) is 16.9 Å². The summed E-state index contributed by atoms with van der Waals surface area (Å²) in [5.41, 5.74) is 4.47. The summed E-state index contributed by atoms with van der Waals surface area (Å²) in [4.78, 5) is 0. The maximum absolute atomic E-state index is 5.02. The van der Waals surface area contributed by atoms with Crippen LogP contribution in [0, 0.1) is 0 Å². The summed E-state index contributed by atoms with van der Waals surface area (Å²) in [6.45, 7) is 2.27. The van der Waals surface area contributed by atoms with Crippen molar-refractivity contribution in [1.29, 1.82) is 0 Å². The van der Waals surface area contributed by atoms with Gasteiger partial charge >= 0.3 is 0 Å². The number of hydrogen-bond donors (Lipinski definition) is 0. The molecule has 0 fully saturated rings. The van der Waals surface area contributed by atoms with Crippen LogP contribution in [0.5, 0.6) is 0 Å². The van der Waals surface area contributed by atoms with Gasteiger partial charge in [0.25, 0.3) is 0 Å². The second kappa shape index (κ2) is 6.49. The number of rotatable bonds is 3. The van der Waals surface area contributed by atoms with Crippen molar-refractivity contribution in [3.63, 3.8) is 0 Å². The molecule has 1 aliphatic rings. The van der Waals surface area contributed by atoms with Gasteiger partial charge in [0.1, 0.15) is 0 Å². The molecule has 0 radical (unpaired) electrons. The molecule has 0 aromatic heterocycles. The van der Waals surface area contributed by atoms with Gasteiger partial charge in [0, 0.05) is 10.9 Å². The maximum atomic E-state index is 5.02. The molecule has 124 valence electrons. The van der Waals surface area contributed by atoms with Gasteiger partial charge < -0.3 is 0 Å². The summed E-state index contributed by atoms with van der Waals surface area (Å²) in [5, 5.41) is 7.19. The molecule has 1 atom stereocenters. The quantitative estimate of drug-likeness (QED) is 0.536. The number of benzene rings is 3. The van der Waals surface area contributed by atoms with Gasteiger partial charge in [-0.05, 0) is 42.3 Å². The molecule has 0 bridgehead atoms. The molecule has 3 aromatic rings. The summed E-state index contributed by atoms with van der Waals surface area (Å²) in [7, 11) is 0. The molecule has 2 nitrogen and oxygen atoms in total. The van der Waals surface area contributed by atoms with E-state index in [1.54, 1.807) is 0 Å². The minimum atomic E-state index is -0.203. The lowest BCUT2D eigenvalue weighted by Crippen LogP contribution is -2.37. The fourth-order valence-corrected chi connectivity index (χ4v) is 3.67. The monoisotopic (exact) mass is 390 g/mol. The minimum Gasteiger partial charge on any atom is -0.255 e. The van der Waals surface area contributed by atoms with E-state index in [2.05, 4.69) is 107 Å². The van der Waals surface area contributed by atoms with E-state index >= 15 is 0 Å². The van der Waals surface area contributed by atoms with E-state index < -0.39 is 0 Å². The van der Waals surface area contributed by atoms with Crippen molar-refractivity contribution in [3.05, 3.63) is 101 Å². The molecular formula is C22H19BrN2. The van der Waals surface area contributed by atoms with E-state index in [9.17, 15) is 0 Å². The van der Waals surface area contributed by atoms with Crippen molar-refractivity contribution in [2.24, 2.45) is 5.10 Å². The lowest BCUT2D eigenvalue weighted by atomic mass is 9.85. The summed E-state index contributed by atoms with van der Waals surface area (Å²) in [6, 6.07) is 29.4. The largest absolute Gasteiger partial charge is 0.255 e. The van der Waals surface area contributed by atoms with Crippen molar-refractivity contribution in [1.82, 2.24) is 0 Å². The van der Waals surface area contributed by atoms with E-state index in [-0.39, 0.29) is 5.54 Å². The highest BCUT2D eigenvalue weighted by Gasteiger charge is 2.41. The Balaban J connectivity index is 1.81. The van der Waals surface area contributed by atoms with Crippen LogP contribution in [-0.4, -0.2) is 5.71 Å². The zero-order chi connectivity index (χ0) is 17.3. The Labute approximate surface area is 156 Å². The number of anilines is 1. The van der Waals surface area contributed by atoms with Crippen molar-refractivity contribution in [2.45, 2.75) is 18.9 Å². The number of halogens is 1. The Morgan fingerprint density at radius 2 is 1.44 bits per heavy atom. The van der Waals surface area contributed by atoms with Crippen LogP contribution in [0.25, 0.3) is 0 Å². The third-order valence-electron chi connectivity index (χ3n) is 4.77. The number of nitrogens with zero attached hydrogens (tertiary/aromatic N) is 2. The molecule has 4 rings (SSSR count). The first-order valence-corrected chi connectivity index (χ1v) is 9.20. The van der Waals surface area contributed by atoms with Crippen molar-refractivity contribution in [3.8, 4) is 0 Å². The van der Waals surface area contributed by atoms with Gasteiger partial charge in [-0.15, -0.1) is 0 Å². The average molecular weight is 391 g/mol. The standard InChI is InChI=1S/C22H19BrN2/c1-22(18-8-4-2-5-9-18)16-21(17-12-14-19(23)15-13-17)24-25(22)20-10-6-3-7-11-20/h2-15H,16H2,1H3. The molecule has 0 amide bonds. The van der Waals surface area contributed by atoms with Gasteiger partial charge in [0.15, 0.2) is 0 Å². The molecule has 1 unspecified atom stereocenters. The predicted octanol–water partition coefficient (Wildman–Crippen LogP) is 5.98. The molecule has 0 spiro atoms. The van der Waals surface area contributed by atoms with Crippen LogP contribution in [0.2, 0.25) is 0 Å². The number of hydrogen-bond acceptors (Lipinski definition) is 2. The van der Waals surface area contributed by atoms with Crippen molar-refractivity contribution >= 4 is 27.3 Å². The Kier molecular flexibility index (Phi) is 4.18. The van der Waals surface area contributed by atoms with E-state index in [1.807, 2.05) is 6.07 Å². The van der Waals surface area contributed by atoms with E-state index in [0.29, 0.717) is 0 Å². The van der Waals surface area contributed by atoms with Gasteiger partial charge in [0.2, 0.25) is 0 Å². The Hall–Kier alpha value is -2.39. The Morgan fingerprint density at radius 3 is 2.08 bits per heavy atom. The van der Waals surface area contributed by atoms with Crippen molar-refractivity contribution in [2.75, 3.05) is 5.01 Å². The smallest absolute Gasteiger partial charge is 0.0910 e. The fraction of sp³-hybridized carbons (Fsp3) is 0.136. The topological polar surface area (TPSA) is 15.6 Å². The van der Waals surface area contributed by atoms with E-state index in [0.717, 1.165) is 22.3 Å². The normalized spacial score (nSPS) is 19.8. The van der Waals surface area contributed by atoms with Crippen LogP contribution in [0.15, 0.2) is 94.5 Å². The van der Waals surface area contributed by atoms with Crippen molar-refractivity contribution < 1.29 is 0 Å². The second-order valence-corrected chi connectivity index (χ2v) is 7.43. The van der Waals surface area contributed by atoms with Crippen LogP contribution < -0.4 is 5.01 Å². The third kappa shape index (κ3) is 3.00. The highest BCUT2D eigenvalue weighted by molar-refractivity contribution is 9.10. The van der Waals surface area contributed by atoms with E-state index in [4.69, 9.17) is 5.10 Å². The van der Waals surface area contributed by atoms with Crippen LogP contribution in [0.3, 0.4) is 0 Å². The average Bonchev–Trinajstić information content (AvgIpc) is 3.03. The summed E-state index contributed by atoms with van der Waals surface area (Å²) in [5.74, 6) is 0. The zero-order valence-electron chi connectivity index (χ0n) is 14.1. The number of hydrazone groups is 1. The van der Waals surface area contributed by atoms with Crippen LogP contribution in [-0.2, 0) is 5.54 Å². The maximum Gasteiger partial charge on any atom is 0.0910 e. The van der Waals surface area contributed by atoms with Gasteiger partial charge in [-0.2, -0.15) is 5.10 Å². The molecule has 25 heavy (non-hydrogen) atoms. The minimum absolute atomic E-state index is 0.203. The second-order valence-electron chi connectivity index (χ2n) is 6.52. The Morgan fingerprint density at radius 1 is 0.840 bits per heavy atom.